The predicted octanol–water partition coefficient (Wildman–Crippen LogP) is 1.11. The van der Waals surface area contributed by atoms with E-state index in [1.165, 1.54) is 12.1 Å². The second-order valence-corrected chi connectivity index (χ2v) is 3.63. The van der Waals surface area contributed by atoms with Gasteiger partial charge in [0.15, 0.2) is 6.04 Å². The van der Waals surface area contributed by atoms with Crippen molar-refractivity contribution in [2.24, 2.45) is 0 Å². The second-order valence-electron chi connectivity index (χ2n) is 3.63. The van der Waals surface area contributed by atoms with Crippen molar-refractivity contribution in [3.63, 3.8) is 0 Å². The number of carbonyl (C=O) groups is 2. The van der Waals surface area contributed by atoms with E-state index in [0.717, 1.165) is 0 Å². The van der Waals surface area contributed by atoms with Crippen molar-refractivity contribution in [3.05, 3.63) is 29.8 Å². The molecule has 0 aromatic heterocycles. The van der Waals surface area contributed by atoms with Gasteiger partial charge in [0.25, 0.3) is 0 Å². The summed E-state index contributed by atoms with van der Waals surface area (Å²) in [6.45, 7) is 0.825. The molecule has 1 amide bonds. The third-order valence-electron chi connectivity index (χ3n) is 2.28. The van der Waals surface area contributed by atoms with Crippen LogP contribution in [-0.4, -0.2) is 42.6 Å². The van der Waals surface area contributed by atoms with E-state index in [1.807, 2.05) is 5.32 Å². The van der Waals surface area contributed by atoms with Crippen LogP contribution in [0.4, 0.5) is 4.79 Å². The van der Waals surface area contributed by atoms with Crippen LogP contribution >= 0.6 is 0 Å². The van der Waals surface area contributed by atoms with Crippen molar-refractivity contribution in [2.45, 2.75) is 6.04 Å². The standard InChI is InChI=1S/C12H15NO6/c1-18-6-7-19-9-4-2-8(3-5-9)10(11(14)15)13-12(16)17/h2-5,10,13H,6-7H2,1H3,(H,14,15)(H,16,17). The Bertz CT molecular complexity index is 430. The van der Waals surface area contributed by atoms with Crippen molar-refractivity contribution in [2.75, 3.05) is 20.3 Å². The van der Waals surface area contributed by atoms with Gasteiger partial charge in [0.2, 0.25) is 0 Å². The first-order valence-corrected chi connectivity index (χ1v) is 5.48. The van der Waals surface area contributed by atoms with Gasteiger partial charge in [-0.25, -0.2) is 9.59 Å². The van der Waals surface area contributed by atoms with Crippen LogP contribution in [0, 0.1) is 0 Å². The van der Waals surface area contributed by atoms with Gasteiger partial charge in [0.05, 0.1) is 6.61 Å². The lowest BCUT2D eigenvalue weighted by Crippen LogP contribution is -2.32. The van der Waals surface area contributed by atoms with Crippen LogP contribution in [0.3, 0.4) is 0 Å². The summed E-state index contributed by atoms with van der Waals surface area (Å²) in [4.78, 5) is 21.5. The Kier molecular flexibility index (Phi) is 5.62. The van der Waals surface area contributed by atoms with E-state index in [-0.39, 0.29) is 0 Å². The van der Waals surface area contributed by atoms with E-state index >= 15 is 0 Å². The maximum Gasteiger partial charge on any atom is 0.405 e. The molecule has 0 saturated heterocycles. The molecule has 0 spiro atoms. The minimum absolute atomic E-state index is 0.328. The third-order valence-corrected chi connectivity index (χ3v) is 2.28. The van der Waals surface area contributed by atoms with E-state index < -0.39 is 18.1 Å². The Balaban J connectivity index is 2.72. The van der Waals surface area contributed by atoms with Gasteiger partial charge in [-0.3, -0.25) is 0 Å². The molecule has 0 bridgehead atoms. The van der Waals surface area contributed by atoms with Crippen LogP contribution in [0.15, 0.2) is 24.3 Å². The van der Waals surface area contributed by atoms with Crippen molar-refractivity contribution in [3.8, 4) is 5.75 Å². The van der Waals surface area contributed by atoms with Crippen LogP contribution in [0.25, 0.3) is 0 Å². The molecule has 7 nitrogen and oxygen atoms in total. The molecular weight excluding hydrogens is 254 g/mol. The number of benzene rings is 1. The van der Waals surface area contributed by atoms with Crippen molar-refractivity contribution in [1.29, 1.82) is 0 Å². The van der Waals surface area contributed by atoms with E-state index in [1.54, 1.807) is 19.2 Å². The van der Waals surface area contributed by atoms with Gasteiger partial charge in [0.1, 0.15) is 12.4 Å². The molecule has 0 radical (unpaired) electrons. The average molecular weight is 269 g/mol. The van der Waals surface area contributed by atoms with Gasteiger partial charge in [-0.15, -0.1) is 0 Å². The highest BCUT2D eigenvalue weighted by Crippen LogP contribution is 2.18. The zero-order chi connectivity index (χ0) is 14.3. The van der Waals surface area contributed by atoms with Crippen LogP contribution in [0.2, 0.25) is 0 Å². The highest BCUT2D eigenvalue weighted by atomic mass is 16.5. The lowest BCUT2D eigenvalue weighted by atomic mass is 10.1. The molecule has 1 atom stereocenters. The Hall–Kier alpha value is -2.28. The molecule has 1 aromatic rings. The van der Waals surface area contributed by atoms with Gasteiger partial charge in [-0.05, 0) is 17.7 Å². The maximum absolute atomic E-state index is 11.0. The Morgan fingerprint density at radius 2 is 1.84 bits per heavy atom. The number of carboxylic acids is 1. The average Bonchev–Trinajstić information content (AvgIpc) is 2.37. The van der Waals surface area contributed by atoms with Gasteiger partial charge < -0.3 is 25.0 Å². The number of amides is 1. The molecule has 104 valence electrons. The molecular formula is C12H15NO6. The van der Waals surface area contributed by atoms with E-state index in [4.69, 9.17) is 19.7 Å². The largest absolute Gasteiger partial charge is 0.491 e. The normalized spacial score (nSPS) is 11.6. The fourth-order valence-electron chi connectivity index (χ4n) is 1.41. The molecule has 1 rings (SSSR count). The van der Waals surface area contributed by atoms with E-state index in [9.17, 15) is 9.59 Å². The summed E-state index contributed by atoms with van der Waals surface area (Å²) in [6, 6.07) is 4.84. The minimum atomic E-state index is -1.40. The molecule has 0 aliphatic rings. The molecule has 1 aromatic carbocycles. The number of rotatable bonds is 7. The van der Waals surface area contributed by atoms with Crippen molar-refractivity contribution < 1.29 is 29.3 Å². The van der Waals surface area contributed by atoms with Crippen LogP contribution in [0.5, 0.6) is 5.75 Å². The number of carboxylic acid groups (broad SMARTS) is 2. The lowest BCUT2D eigenvalue weighted by molar-refractivity contribution is -0.139. The summed E-state index contributed by atoms with van der Waals surface area (Å²) in [7, 11) is 1.56. The highest BCUT2D eigenvalue weighted by Gasteiger charge is 2.21. The minimum Gasteiger partial charge on any atom is -0.491 e. The smallest absolute Gasteiger partial charge is 0.405 e. The summed E-state index contributed by atoms with van der Waals surface area (Å²) < 4.78 is 10.1. The zero-order valence-corrected chi connectivity index (χ0v) is 10.3. The molecule has 7 heteroatoms. The van der Waals surface area contributed by atoms with E-state index in [0.29, 0.717) is 24.5 Å². The van der Waals surface area contributed by atoms with Crippen LogP contribution < -0.4 is 10.1 Å². The number of hydrogen-bond donors (Lipinski definition) is 3. The van der Waals surface area contributed by atoms with Gasteiger partial charge in [0, 0.05) is 7.11 Å². The quantitative estimate of drug-likeness (QED) is 0.640. The Morgan fingerprint density at radius 1 is 1.21 bits per heavy atom. The van der Waals surface area contributed by atoms with Gasteiger partial charge in [-0.2, -0.15) is 0 Å². The number of ether oxygens (including phenoxy) is 2. The summed E-state index contributed by atoms with van der Waals surface area (Å²) >= 11 is 0. The molecule has 0 saturated carbocycles. The molecule has 0 heterocycles. The molecule has 3 N–H and O–H groups in total. The van der Waals surface area contributed by atoms with Crippen molar-refractivity contribution >= 4 is 12.1 Å². The first-order chi connectivity index (χ1) is 9.04. The number of hydrogen-bond acceptors (Lipinski definition) is 4. The number of nitrogens with one attached hydrogen (secondary N) is 1. The molecule has 0 aliphatic carbocycles. The summed E-state index contributed by atoms with van der Waals surface area (Å²) in [6.07, 6.45) is -1.40. The zero-order valence-electron chi connectivity index (χ0n) is 10.3. The van der Waals surface area contributed by atoms with Gasteiger partial charge in [-0.1, -0.05) is 12.1 Å². The predicted molar refractivity (Wildman–Crippen MR) is 65.4 cm³/mol. The Labute approximate surface area is 109 Å². The highest BCUT2D eigenvalue weighted by molar-refractivity contribution is 5.80. The lowest BCUT2D eigenvalue weighted by Gasteiger charge is -2.13. The molecule has 19 heavy (non-hydrogen) atoms. The van der Waals surface area contributed by atoms with Crippen LogP contribution in [0.1, 0.15) is 11.6 Å². The van der Waals surface area contributed by atoms with Crippen molar-refractivity contribution in [1.82, 2.24) is 5.32 Å². The number of methoxy groups -OCH3 is 1. The first kappa shape index (κ1) is 14.8. The molecule has 1 unspecified atom stereocenters. The monoisotopic (exact) mass is 269 g/mol. The Morgan fingerprint density at radius 3 is 2.32 bits per heavy atom. The fourth-order valence-corrected chi connectivity index (χ4v) is 1.41. The topological polar surface area (TPSA) is 105 Å². The summed E-state index contributed by atoms with van der Waals surface area (Å²) in [5, 5.41) is 19.4. The number of aliphatic carboxylic acids is 1. The van der Waals surface area contributed by atoms with E-state index in [2.05, 4.69) is 0 Å². The van der Waals surface area contributed by atoms with Gasteiger partial charge >= 0.3 is 12.1 Å². The second kappa shape index (κ2) is 7.22. The maximum atomic E-state index is 11.0. The fraction of sp³-hybridized carbons (Fsp3) is 0.333. The first-order valence-electron chi connectivity index (χ1n) is 5.48. The third kappa shape index (κ3) is 4.84. The summed E-state index contributed by atoms with van der Waals surface area (Å²) in [5.41, 5.74) is 0.328. The SMILES string of the molecule is COCCOc1ccc(C(NC(=O)O)C(=O)O)cc1. The van der Waals surface area contributed by atoms with Crippen LogP contribution in [-0.2, 0) is 9.53 Å². The summed E-state index contributed by atoms with van der Waals surface area (Å²) in [5.74, 6) is -0.712. The molecule has 0 aliphatic heterocycles. The molecule has 0 fully saturated rings.